The Hall–Kier alpha value is -3.68. The Morgan fingerprint density at radius 3 is 1.16 bits per heavy atom. The van der Waals surface area contributed by atoms with Crippen molar-refractivity contribution in [1.82, 2.24) is 0 Å². The minimum atomic E-state index is -1.08. The molecule has 2 aromatic carbocycles. The van der Waals surface area contributed by atoms with Crippen molar-refractivity contribution < 1.29 is 38.9 Å². The Balaban J connectivity index is 1.59. The summed E-state index contributed by atoms with van der Waals surface area (Å²) in [6.45, 7) is 4.32. The normalized spacial score (nSPS) is 19.1. The van der Waals surface area contributed by atoms with E-state index in [1.54, 1.807) is 48.5 Å². The van der Waals surface area contributed by atoms with Crippen molar-refractivity contribution in [3.8, 4) is 11.5 Å². The molecule has 2 aromatic rings. The second kappa shape index (κ2) is 18.2. The van der Waals surface area contributed by atoms with Crippen molar-refractivity contribution >= 4 is 23.9 Å². The number of aliphatic carboxylic acids is 2. The number of hydrogen-bond donors (Lipinski definition) is 2. The Kier molecular flexibility index (Phi) is 14.4. The highest BCUT2D eigenvalue weighted by atomic mass is 16.5. The minimum absolute atomic E-state index is 0.319. The molecule has 0 radical (unpaired) electrons. The molecule has 1 fully saturated rings. The largest absolute Gasteiger partial charge is 0.481 e. The molecule has 0 aromatic heterocycles. The van der Waals surface area contributed by atoms with Crippen LogP contribution in [0, 0.1) is 11.8 Å². The third-order valence-corrected chi connectivity index (χ3v) is 8.58. The van der Waals surface area contributed by atoms with Gasteiger partial charge in [-0.3, -0.25) is 19.2 Å². The van der Waals surface area contributed by atoms with Gasteiger partial charge in [0.05, 0.1) is 11.8 Å². The first-order valence-corrected chi connectivity index (χ1v) is 16.3. The van der Waals surface area contributed by atoms with Crippen molar-refractivity contribution in [2.45, 2.75) is 116 Å². The topological polar surface area (TPSA) is 127 Å². The average Bonchev–Trinajstić information content (AvgIpc) is 2.97. The summed E-state index contributed by atoms with van der Waals surface area (Å²) in [4.78, 5) is 49.2. The van der Waals surface area contributed by atoms with Gasteiger partial charge < -0.3 is 19.7 Å². The molecule has 1 aliphatic carbocycles. The van der Waals surface area contributed by atoms with Crippen molar-refractivity contribution in [3.05, 3.63) is 59.7 Å². The highest BCUT2D eigenvalue weighted by Gasteiger charge is 2.58. The fourth-order valence-electron chi connectivity index (χ4n) is 6.17. The number of carboxylic acids is 2. The molecule has 0 unspecified atom stereocenters. The summed E-state index contributed by atoms with van der Waals surface area (Å²) < 4.78 is 10.9. The first-order valence-electron chi connectivity index (χ1n) is 16.3. The van der Waals surface area contributed by atoms with Gasteiger partial charge in [-0.2, -0.15) is 0 Å². The van der Waals surface area contributed by atoms with Gasteiger partial charge in [-0.1, -0.05) is 102 Å². The number of unbranched alkanes of at least 4 members (excludes halogenated alkanes) is 10. The SMILES string of the molecule is CCCCCCCCC(=O)Oc1ccc([C@H]2[C@H](C(=O)O)[C@H](c3ccc(OC(=O)CCCCCCCC)cc3)[C@H]2C(=O)O)cc1. The number of carboxylic acid groups (broad SMARTS) is 2. The second-order valence-corrected chi connectivity index (χ2v) is 11.9. The highest BCUT2D eigenvalue weighted by molar-refractivity contribution is 5.83. The maximum absolute atomic E-state index is 12.4. The summed E-state index contributed by atoms with van der Waals surface area (Å²) in [5.41, 5.74) is 1.13. The van der Waals surface area contributed by atoms with E-state index >= 15 is 0 Å². The van der Waals surface area contributed by atoms with Crippen LogP contribution in [-0.4, -0.2) is 34.1 Å². The van der Waals surface area contributed by atoms with Crippen molar-refractivity contribution in [1.29, 1.82) is 0 Å². The summed E-state index contributed by atoms with van der Waals surface area (Å²) in [6.07, 6.45) is 13.5. The molecule has 0 spiro atoms. The molecule has 8 heteroatoms. The Bertz CT molecular complexity index is 1100. The van der Waals surface area contributed by atoms with E-state index in [1.165, 1.54) is 38.5 Å². The molecule has 0 heterocycles. The van der Waals surface area contributed by atoms with Crippen LogP contribution in [0.2, 0.25) is 0 Å². The molecule has 44 heavy (non-hydrogen) atoms. The van der Waals surface area contributed by atoms with Crippen LogP contribution in [-0.2, 0) is 19.2 Å². The van der Waals surface area contributed by atoms with Crippen molar-refractivity contribution in [2.75, 3.05) is 0 Å². The molecule has 0 amide bonds. The van der Waals surface area contributed by atoms with Gasteiger partial charge in [0.1, 0.15) is 11.5 Å². The lowest BCUT2D eigenvalue weighted by Gasteiger charge is -2.48. The maximum Gasteiger partial charge on any atom is 0.311 e. The van der Waals surface area contributed by atoms with E-state index in [4.69, 9.17) is 9.47 Å². The molecule has 1 saturated carbocycles. The van der Waals surface area contributed by atoms with Gasteiger partial charge >= 0.3 is 23.9 Å². The molecular formula is C36H48O8. The fourth-order valence-corrected chi connectivity index (χ4v) is 6.17. The third-order valence-electron chi connectivity index (χ3n) is 8.58. The van der Waals surface area contributed by atoms with Crippen LogP contribution in [0.25, 0.3) is 0 Å². The summed E-state index contributed by atoms with van der Waals surface area (Å²) >= 11 is 0. The monoisotopic (exact) mass is 608 g/mol. The Morgan fingerprint density at radius 2 is 0.841 bits per heavy atom. The van der Waals surface area contributed by atoms with Crippen molar-refractivity contribution in [2.24, 2.45) is 11.8 Å². The number of esters is 2. The zero-order valence-electron chi connectivity index (χ0n) is 26.2. The standard InChI is InChI=1S/C36H48O8/c1-3-5-7-9-11-13-15-29(37)43-27-21-17-25(18-22-27)31-33(35(39)40)32(34(31)36(41)42)26-19-23-28(24-20-26)44-30(38)16-14-12-10-8-6-4-2/h17-24,31-34H,3-16H2,1-2H3,(H,39,40)(H,41,42)/t31-,32-,33-,34-. The Labute approximate surface area is 261 Å². The van der Waals surface area contributed by atoms with Crippen LogP contribution >= 0.6 is 0 Å². The first-order chi connectivity index (χ1) is 21.3. The molecule has 3 rings (SSSR count). The molecule has 0 atom stereocenters. The van der Waals surface area contributed by atoms with Crippen LogP contribution in [0.1, 0.15) is 127 Å². The smallest absolute Gasteiger partial charge is 0.311 e. The van der Waals surface area contributed by atoms with E-state index in [-0.39, 0.29) is 11.9 Å². The number of benzene rings is 2. The number of ether oxygens (including phenoxy) is 2. The Morgan fingerprint density at radius 1 is 0.523 bits per heavy atom. The number of rotatable bonds is 20. The van der Waals surface area contributed by atoms with Crippen LogP contribution in [0.15, 0.2) is 48.5 Å². The van der Waals surface area contributed by atoms with Crippen LogP contribution in [0.3, 0.4) is 0 Å². The minimum Gasteiger partial charge on any atom is -0.481 e. The summed E-state index contributed by atoms with van der Waals surface area (Å²) in [5.74, 6) is -5.53. The van der Waals surface area contributed by atoms with Gasteiger partial charge in [0.15, 0.2) is 0 Å². The molecule has 240 valence electrons. The van der Waals surface area contributed by atoms with Gasteiger partial charge in [0.2, 0.25) is 0 Å². The van der Waals surface area contributed by atoms with E-state index in [0.717, 1.165) is 38.5 Å². The van der Waals surface area contributed by atoms with Crippen molar-refractivity contribution in [3.63, 3.8) is 0 Å². The molecule has 0 aliphatic heterocycles. The fraction of sp³-hybridized carbons (Fsp3) is 0.556. The average molecular weight is 609 g/mol. The summed E-state index contributed by atoms with van der Waals surface area (Å²) in [5, 5.41) is 20.2. The van der Waals surface area contributed by atoms with E-state index in [2.05, 4.69) is 13.8 Å². The van der Waals surface area contributed by atoms with Crippen LogP contribution < -0.4 is 9.47 Å². The lowest BCUT2D eigenvalue weighted by Crippen LogP contribution is -2.50. The molecule has 0 saturated heterocycles. The van der Waals surface area contributed by atoms with E-state index in [0.29, 0.717) is 35.5 Å². The third kappa shape index (κ3) is 10.2. The predicted octanol–water partition coefficient (Wildman–Crippen LogP) is 8.28. The first kappa shape index (κ1) is 34.8. The maximum atomic E-state index is 12.4. The van der Waals surface area contributed by atoms with Gasteiger partial charge in [0, 0.05) is 24.7 Å². The van der Waals surface area contributed by atoms with E-state index < -0.39 is 35.6 Å². The second-order valence-electron chi connectivity index (χ2n) is 11.9. The van der Waals surface area contributed by atoms with Gasteiger partial charge in [0.25, 0.3) is 0 Å². The van der Waals surface area contributed by atoms with Gasteiger partial charge in [-0.15, -0.1) is 0 Å². The van der Waals surface area contributed by atoms with Crippen LogP contribution in [0.5, 0.6) is 11.5 Å². The number of carbonyl (C=O) groups excluding carboxylic acids is 2. The molecular weight excluding hydrogens is 560 g/mol. The molecule has 0 bridgehead atoms. The molecule has 2 N–H and O–H groups in total. The zero-order valence-corrected chi connectivity index (χ0v) is 26.2. The number of carbonyl (C=O) groups is 4. The molecule has 1 aliphatic rings. The van der Waals surface area contributed by atoms with E-state index in [9.17, 15) is 29.4 Å². The summed E-state index contributed by atoms with van der Waals surface area (Å²) in [6, 6.07) is 12.9. The lowest BCUT2D eigenvalue weighted by molar-refractivity contribution is -0.160. The highest BCUT2D eigenvalue weighted by Crippen LogP contribution is 2.58. The zero-order chi connectivity index (χ0) is 31.9. The quantitative estimate of drug-likeness (QED) is 0.0873. The number of hydrogen-bond acceptors (Lipinski definition) is 6. The molecule has 8 nitrogen and oxygen atoms in total. The van der Waals surface area contributed by atoms with Gasteiger partial charge in [-0.05, 0) is 48.2 Å². The van der Waals surface area contributed by atoms with E-state index in [1.807, 2.05) is 0 Å². The van der Waals surface area contributed by atoms with Crippen LogP contribution in [0.4, 0.5) is 0 Å². The summed E-state index contributed by atoms with van der Waals surface area (Å²) in [7, 11) is 0. The van der Waals surface area contributed by atoms with Gasteiger partial charge in [-0.25, -0.2) is 0 Å². The lowest BCUT2D eigenvalue weighted by atomic mass is 9.52. The predicted molar refractivity (Wildman–Crippen MR) is 168 cm³/mol.